The first-order chi connectivity index (χ1) is 12.5. The van der Waals surface area contributed by atoms with E-state index in [1.807, 2.05) is 24.3 Å². The fourth-order valence-corrected chi connectivity index (χ4v) is 2.74. The van der Waals surface area contributed by atoms with Gasteiger partial charge >= 0.3 is 11.9 Å². The lowest BCUT2D eigenvalue weighted by atomic mass is 10.1. The van der Waals surface area contributed by atoms with Crippen LogP contribution in [0.4, 0.5) is 0 Å². The Morgan fingerprint density at radius 2 is 1.54 bits per heavy atom. The highest BCUT2D eigenvalue weighted by atomic mass is 16.5. The van der Waals surface area contributed by atoms with Crippen molar-refractivity contribution < 1.29 is 28.5 Å². The van der Waals surface area contributed by atoms with Gasteiger partial charge < -0.3 is 23.5 Å². The Kier molecular flexibility index (Phi) is 6.27. The molecule has 0 unspecified atom stereocenters. The third-order valence-electron chi connectivity index (χ3n) is 4.04. The van der Waals surface area contributed by atoms with Crippen LogP contribution in [-0.4, -0.2) is 44.4 Å². The lowest BCUT2D eigenvalue weighted by Crippen LogP contribution is -2.11. The van der Waals surface area contributed by atoms with Crippen LogP contribution >= 0.6 is 0 Å². The molecule has 0 atom stereocenters. The van der Waals surface area contributed by atoms with Gasteiger partial charge in [0.1, 0.15) is 11.3 Å². The fourth-order valence-electron chi connectivity index (χ4n) is 2.74. The summed E-state index contributed by atoms with van der Waals surface area (Å²) in [6.07, 6.45) is 0. The molecule has 7 heteroatoms. The minimum Gasteiger partial charge on any atom is -0.497 e. The van der Waals surface area contributed by atoms with Crippen molar-refractivity contribution in [2.45, 2.75) is 20.4 Å². The third-order valence-corrected chi connectivity index (χ3v) is 4.04. The van der Waals surface area contributed by atoms with Crippen LogP contribution in [0.3, 0.4) is 0 Å². The molecular weight excluding hydrogens is 338 g/mol. The summed E-state index contributed by atoms with van der Waals surface area (Å²) < 4.78 is 22.3. The predicted molar refractivity (Wildman–Crippen MR) is 95.1 cm³/mol. The minimum absolute atomic E-state index is 0.0761. The molecule has 2 rings (SSSR count). The zero-order valence-corrected chi connectivity index (χ0v) is 15.6. The average Bonchev–Trinajstić information content (AvgIpc) is 2.93. The van der Waals surface area contributed by atoms with E-state index in [0.29, 0.717) is 18.8 Å². The molecule has 2 aromatic rings. The van der Waals surface area contributed by atoms with Gasteiger partial charge in [0, 0.05) is 5.69 Å². The monoisotopic (exact) mass is 361 g/mol. The minimum atomic E-state index is -0.648. The first-order valence-corrected chi connectivity index (χ1v) is 8.13. The van der Waals surface area contributed by atoms with E-state index in [1.165, 1.54) is 14.2 Å². The third kappa shape index (κ3) is 3.66. The highest BCUT2D eigenvalue weighted by Gasteiger charge is 2.32. The highest BCUT2D eigenvalue weighted by molar-refractivity contribution is 6.06. The largest absolute Gasteiger partial charge is 0.497 e. The van der Waals surface area contributed by atoms with Gasteiger partial charge in [-0.2, -0.15) is 0 Å². The summed E-state index contributed by atoms with van der Waals surface area (Å²) in [6.45, 7) is 4.28. The van der Waals surface area contributed by atoms with Gasteiger partial charge in [-0.05, 0) is 31.5 Å². The maximum atomic E-state index is 12.3. The molecule has 0 amide bonds. The summed E-state index contributed by atoms with van der Waals surface area (Å²) >= 11 is 0. The summed E-state index contributed by atoms with van der Waals surface area (Å²) in [5, 5.41) is 0. The zero-order valence-electron chi connectivity index (χ0n) is 15.6. The van der Waals surface area contributed by atoms with Crippen molar-refractivity contribution in [3.63, 3.8) is 0 Å². The van der Waals surface area contributed by atoms with Crippen molar-refractivity contribution in [2.24, 2.45) is 0 Å². The lowest BCUT2D eigenvalue weighted by Gasteiger charge is -2.13. The molecular formula is C19H23NO6. The zero-order chi connectivity index (χ0) is 19.3. The van der Waals surface area contributed by atoms with E-state index in [1.54, 1.807) is 25.5 Å². The van der Waals surface area contributed by atoms with Gasteiger partial charge in [-0.25, -0.2) is 9.59 Å². The number of carbonyl (C=O) groups is 2. The number of methoxy groups -OCH3 is 3. The number of carbonyl (C=O) groups excluding carboxylic acids is 2. The quantitative estimate of drug-likeness (QED) is 0.706. The molecule has 7 nitrogen and oxygen atoms in total. The van der Waals surface area contributed by atoms with E-state index < -0.39 is 11.9 Å². The Morgan fingerprint density at radius 3 is 2.04 bits per heavy atom. The molecule has 1 heterocycles. The Hall–Kier alpha value is -2.96. The lowest BCUT2D eigenvalue weighted by molar-refractivity contribution is 0.0552. The molecule has 0 saturated heterocycles. The van der Waals surface area contributed by atoms with Gasteiger partial charge in [0.05, 0.1) is 40.0 Å². The van der Waals surface area contributed by atoms with Gasteiger partial charge in [0.2, 0.25) is 5.88 Å². The SMILES string of the molecule is CCOc1c(C(=O)OC)c(C(=O)OC)c(C)n1Cc1ccc(OC)cc1. The van der Waals surface area contributed by atoms with Gasteiger partial charge in [0.15, 0.2) is 0 Å². The second-order valence-electron chi connectivity index (χ2n) is 5.49. The van der Waals surface area contributed by atoms with Crippen LogP contribution in [-0.2, 0) is 16.0 Å². The molecule has 0 fully saturated rings. The number of nitrogens with zero attached hydrogens (tertiary/aromatic N) is 1. The number of ether oxygens (including phenoxy) is 4. The number of esters is 2. The van der Waals surface area contributed by atoms with Crippen LogP contribution in [0.1, 0.15) is 38.9 Å². The smallest absolute Gasteiger partial charge is 0.344 e. The van der Waals surface area contributed by atoms with E-state index in [-0.39, 0.29) is 17.0 Å². The van der Waals surface area contributed by atoms with Crippen LogP contribution in [0.25, 0.3) is 0 Å². The maximum absolute atomic E-state index is 12.3. The standard InChI is InChI=1S/C19H23NO6/c1-6-26-17-16(19(22)25-5)15(18(21)24-4)12(2)20(17)11-13-7-9-14(23-3)10-8-13/h7-10H,6,11H2,1-5H3. The molecule has 0 spiro atoms. The van der Waals surface area contributed by atoms with E-state index in [4.69, 9.17) is 18.9 Å². The molecule has 0 bridgehead atoms. The van der Waals surface area contributed by atoms with E-state index in [2.05, 4.69) is 0 Å². The maximum Gasteiger partial charge on any atom is 0.344 e. The highest BCUT2D eigenvalue weighted by Crippen LogP contribution is 2.32. The van der Waals surface area contributed by atoms with Gasteiger partial charge in [-0.1, -0.05) is 12.1 Å². The second-order valence-corrected chi connectivity index (χ2v) is 5.49. The summed E-state index contributed by atoms with van der Waals surface area (Å²) in [7, 11) is 4.13. The molecule has 140 valence electrons. The predicted octanol–water partition coefficient (Wildman–Crippen LogP) is 2.83. The van der Waals surface area contributed by atoms with Crippen molar-refractivity contribution in [2.75, 3.05) is 27.9 Å². The molecule has 1 aromatic heterocycles. The normalized spacial score (nSPS) is 10.3. The second kappa shape index (κ2) is 8.42. The molecule has 0 radical (unpaired) electrons. The molecule has 0 aliphatic heterocycles. The van der Waals surface area contributed by atoms with Crippen molar-refractivity contribution in [1.29, 1.82) is 0 Å². The van der Waals surface area contributed by atoms with Crippen LogP contribution in [0.15, 0.2) is 24.3 Å². The van der Waals surface area contributed by atoms with Crippen molar-refractivity contribution in [1.82, 2.24) is 4.57 Å². The van der Waals surface area contributed by atoms with E-state index >= 15 is 0 Å². The van der Waals surface area contributed by atoms with E-state index in [9.17, 15) is 9.59 Å². The van der Waals surface area contributed by atoms with Crippen LogP contribution in [0.2, 0.25) is 0 Å². The summed E-state index contributed by atoms with van der Waals surface area (Å²) in [4.78, 5) is 24.6. The van der Waals surface area contributed by atoms with Crippen molar-refractivity contribution >= 4 is 11.9 Å². The Bertz CT molecular complexity index is 791. The molecule has 0 aliphatic rings. The van der Waals surface area contributed by atoms with Crippen LogP contribution < -0.4 is 9.47 Å². The molecule has 0 N–H and O–H groups in total. The Balaban J connectivity index is 2.60. The van der Waals surface area contributed by atoms with Crippen molar-refractivity contribution in [3.05, 3.63) is 46.6 Å². The van der Waals surface area contributed by atoms with Crippen molar-refractivity contribution in [3.8, 4) is 11.6 Å². The number of hydrogen-bond donors (Lipinski definition) is 0. The Labute approximate surface area is 152 Å². The molecule has 0 saturated carbocycles. The van der Waals surface area contributed by atoms with Gasteiger partial charge in [0.25, 0.3) is 0 Å². The number of benzene rings is 1. The summed E-state index contributed by atoms with van der Waals surface area (Å²) in [5.74, 6) is -0.232. The fraction of sp³-hybridized carbons (Fsp3) is 0.368. The first-order valence-electron chi connectivity index (χ1n) is 8.13. The van der Waals surface area contributed by atoms with E-state index in [0.717, 1.165) is 11.3 Å². The average molecular weight is 361 g/mol. The number of rotatable bonds is 7. The molecule has 26 heavy (non-hydrogen) atoms. The number of aromatic nitrogens is 1. The van der Waals surface area contributed by atoms with Gasteiger partial charge in [-0.15, -0.1) is 0 Å². The van der Waals surface area contributed by atoms with Crippen LogP contribution in [0, 0.1) is 6.92 Å². The first kappa shape index (κ1) is 19.4. The molecule has 1 aromatic carbocycles. The topological polar surface area (TPSA) is 76.0 Å². The summed E-state index contributed by atoms with van der Waals surface area (Å²) in [5.41, 5.74) is 1.75. The Morgan fingerprint density at radius 1 is 0.962 bits per heavy atom. The van der Waals surface area contributed by atoms with Crippen LogP contribution in [0.5, 0.6) is 11.6 Å². The summed E-state index contributed by atoms with van der Waals surface area (Å²) in [6, 6.07) is 7.50. The van der Waals surface area contributed by atoms with Gasteiger partial charge in [-0.3, -0.25) is 0 Å². The number of hydrogen-bond acceptors (Lipinski definition) is 6. The molecule has 0 aliphatic carbocycles.